The Morgan fingerprint density at radius 1 is 1.42 bits per heavy atom. The van der Waals surface area contributed by atoms with Crippen molar-refractivity contribution in [1.82, 2.24) is 19.5 Å². The summed E-state index contributed by atoms with van der Waals surface area (Å²) < 4.78 is 1.48. The molecule has 3 heterocycles. The standard InChI is InChI=1S/C18H24N4O2/c1-6-12-11(2)19-15-10-13(20-22(15)16(12)23)14-8-7-9-21(14)17(24)18(3,4)5/h7-8,10,14,20H,6,9H2,1-5H3. The highest BCUT2D eigenvalue weighted by Crippen LogP contribution is 2.30. The van der Waals surface area contributed by atoms with Crippen LogP contribution in [0.25, 0.3) is 5.65 Å². The van der Waals surface area contributed by atoms with E-state index in [1.807, 2.05) is 57.7 Å². The molecule has 0 fully saturated rings. The fraction of sp³-hybridized carbons (Fsp3) is 0.500. The van der Waals surface area contributed by atoms with Gasteiger partial charge in [-0.3, -0.25) is 14.7 Å². The number of aromatic nitrogens is 3. The van der Waals surface area contributed by atoms with Crippen LogP contribution in [0.4, 0.5) is 0 Å². The number of hydrogen-bond acceptors (Lipinski definition) is 3. The first-order chi connectivity index (χ1) is 11.2. The molecule has 2 aromatic heterocycles. The summed E-state index contributed by atoms with van der Waals surface area (Å²) in [6, 6.07) is 1.67. The molecular weight excluding hydrogens is 304 g/mol. The van der Waals surface area contributed by atoms with Crippen LogP contribution in [0.3, 0.4) is 0 Å². The number of fused-ring (bicyclic) bond motifs is 1. The van der Waals surface area contributed by atoms with Crippen molar-refractivity contribution < 1.29 is 4.79 Å². The zero-order valence-electron chi connectivity index (χ0n) is 14.9. The molecule has 1 aliphatic heterocycles. The van der Waals surface area contributed by atoms with Crippen LogP contribution in [-0.2, 0) is 11.2 Å². The predicted molar refractivity (Wildman–Crippen MR) is 93.0 cm³/mol. The Bertz CT molecular complexity index is 883. The van der Waals surface area contributed by atoms with Crippen LogP contribution < -0.4 is 5.56 Å². The van der Waals surface area contributed by atoms with Crippen LogP contribution in [0.2, 0.25) is 0 Å². The minimum absolute atomic E-state index is 0.0677. The van der Waals surface area contributed by atoms with Gasteiger partial charge in [0.25, 0.3) is 5.56 Å². The molecule has 0 spiro atoms. The van der Waals surface area contributed by atoms with E-state index in [1.165, 1.54) is 4.52 Å². The third-order valence-electron chi connectivity index (χ3n) is 4.47. The van der Waals surface area contributed by atoms with Crippen LogP contribution in [0.1, 0.15) is 50.7 Å². The molecule has 1 atom stereocenters. The molecule has 0 bridgehead atoms. The second kappa shape index (κ2) is 5.61. The number of rotatable bonds is 2. The minimum atomic E-state index is -0.447. The normalized spacial score (nSPS) is 17.9. The van der Waals surface area contributed by atoms with Gasteiger partial charge in [0.05, 0.1) is 11.7 Å². The highest BCUT2D eigenvalue weighted by Gasteiger charge is 2.34. The molecule has 1 unspecified atom stereocenters. The molecule has 6 heteroatoms. The van der Waals surface area contributed by atoms with Gasteiger partial charge < -0.3 is 4.90 Å². The van der Waals surface area contributed by atoms with Gasteiger partial charge in [-0.2, -0.15) is 0 Å². The van der Waals surface area contributed by atoms with Crippen molar-refractivity contribution in [3.8, 4) is 0 Å². The lowest BCUT2D eigenvalue weighted by molar-refractivity contribution is -0.140. The highest BCUT2D eigenvalue weighted by atomic mass is 16.2. The summed E-state index contributed by atoms with van der Waals surface area (Å²) in [6.45, 7) is 10.1. The maximum Gasteiger partial charge on any atom is 0.276 e. The summed E-state index contributed by atoms with van der Waals surface area (Å²) >= 11 is 0. The van der Waals surface area contributed by atoms with Gasteiger partial charge in [0.15, 0.2) is 5.65 Å². The van der Waals surface area contributed by atoms with Crippen LogP contribution in [0.15, 0.2) is 23.0 Å². The number of nitrogens with one attached hydrogen (secondary N) is 1. The number of nitrogens with zero attached hydrogens (tertiary/aromatic N) is 3. The maximum absolute atomic E-state index is 12.7. The number of H-pyrrole nitrogens is 1. The Morgan fingerprint density at radius 2 is 2.12 bits per heavy atom. The van der Waals surface area contributed by atoms with E-state index in [0.717, 1.165) is 11.4 Å². The Kier molecular flexibility index (Phi) is 3.86. The Morgan fingerprint density at radius 3 is 2.75 bits per heavy atom. The fourth-order valence-electron chi connectivity index (χ4n) is 3.18. The lowest BCUT2D eigenvalue weighted by Gasteiger charge is -2.30. The molecule has 0 aliphatic carbocycles. The lowest BCUT2D eigenvalue weighted by Crippen LogP contribution is -2.39. The van der Waals surface area contributed by atoms with Crippen molar-refractivity contribution in [2.75, 3.05) is 6.54 Å². The molecule has 6 nitrogen and oxygen atoms in total. The van der Waals surface area contributed by atoms with Gasteiger partial charge in [-0.25, -0.2) is 9.50 Å². The van der Waals surface area contributed by atoms with Gasteiger partial charge >= 0.3 is 0 Å². The minimum Gasteiger partial charge on any atom is -0.326 e. The average Bonchev–Trinajstić information content (AvgIpc) is 3.11. The van der Waals surface area contributed by atoms with Gasteiger partial charge in [0.2, 0.25) is 5.91 Å². The predicted octanol–water partition coefficient (Wildman–Crippen LogP) is 2.38. The van der Waals surface area contributed by atoms with E-state index in [1.54, 1.807) is 0 Å². The molecule has 128 valence electrons. The van der Waals surface area contributed by atoms with Crippen molar-refractivity contribution in [2.24, 2.45) is 5.41 Å². The Balaban J connectivity index is 2.06. The summed E-state index contributed by atoms with van der Waals surface area (Å²) in [5.41, 5.74) is 2.36. The van der Waals surface area contributed by atoms with E-state index in [0.29, 0.717) is 24.2 Å². The topological polar surface area (TPSA) is 70.5 Å². The smallest absolute Gasteiger partial charge is 0.276 e. The monoisotopic (exact) mass is 328 g/mol. The Hall–Kier alpha value is -2.37. The molecule has 0 radical (unpaired) electrons. The van der Waals surface area contributed by atoms with E-state index < -0.39 is 5.41 Å². The molecule has 1 aliphatic rings. The summed E-state index contributed by atoms with van der Waals surface area (Å²) in [5.74, 6) is 0.0851. The van der Waals surface area contributed by atoms with E-state index in [2.05, 4.69) is 10.1 Å². The largest absolute Gasteiger partial charge is 0.326 e. The molecule has 3 rings (SSSR count). The summed E-state index contributed by atoms with van der Waals surface area (Å²) in [7, 11) is 0. The number of aryl methyl sites for hydroxylation is 1. The highest BCUT2D eigenvalue weighted by molar-refractivity contribution is 5.82. The number of aromatic amines is 1. The third-order valence-corrected chi connectivity index (χ3v) is 4.47. The van der Waals surface area contributed by atoms with E-state index in [4.69, 9.17) is 0 Å². The summed E-state index contributed by atoms with van der Waals surface area (Å²) in [4.78, 5) is 31.6. The van der Waals surface area contributed by atoms with Crippen molar-refractivity contribution in [3.63, 3.8) is 0 Å². The van der Waals surface area contributed by atoms with Gasteiger partial charge in [-0.15, -0.1) is 0 Å². The molecule has 0 saturated carbocycles. The second-order valence-corrected chi connectivity index (χ2v) is 7.32. The molecule has 24 heavy (non-hydrogen) atoms. The van der Waals surface area contributed by atoms with Crippen molar-refractivity contribution in [2.45, 2.75) is 47.1 Å². The first kappa shape index (κ1) is 16.5. The number of hydrogen-bond donors (Lipinski definition) is 1. The quantitative estimate of drug-likeness (QED) is 0.861. The van der Waals surface area contributed by atoms with Crippen molar-refractivity contribution in [3.05, 3.63) is 45.5 Å². The first-order valence-electron chi connectivity index (χ1n) is 8.33. The van der Waals surface area contributed by atoms with Gasteiger partial charge in [0.1, 0.15) is 0 Å². The zero-order valence-corrected chi connectivity index (χ0v) is 14.9. The third kappa shape index (κ3) is 2.56. The molecular formula is C18H24N4O2. The van der Waals surface area contributed by atoms with Gasteiger partial charge in [0, 0.05) is 29.3 Å². The first-order valence-corrected chi connectivity index (χ1v) is 8.33. The molecule has 0 aromatic carbocycles. The maximum atomic E-state index is 12.7. The molecule has 1 N–H and O–H groups in total. The van der Waals surface area contributed by atoms with Crippen LogP contribution in [0, 0.1) is 12.3 Å². The zero-order chi connectivity index (χ0) is 17.6. The van der Waals surface area contributed by atoms with E-state index in [9.17, 15) is 9.59 Å². The SMILES string of the molecule is CCc1c(C)nc2cc(C3C=CCN3C(=O)C(C)(C)C)[nH]n2c1=O. The molecule has 1 amide bonds. The van der Waals surface area contributed by atoms with Crippen molar-refractivity contribution in [1.29, 1.82) is 0 Å². The number of amides is 1. The van der Waals surface area contributed by atoms with Crippen LogP contribution in [-0.4, -0.2) is 31.9 Å². The fourth-order valence-corrected chi connectivity index (χ4v) is 3.18. The summed E-state index contributed by atoms with van der Waals surface area (Å²) in [5, 5.41) is 3.14. The van der Waals surface area contributed by atoms with Crippen LogP contribution >= 0.6 is 0 Å². The van der Waals surface area contributed by atoms with Gasteiger partial charge in [-0.05, 0) is 13.3 Å². The second-order valence-electron chi connectivity index (χ2n) is 7.32. The number of carbonyl (C=O) groups is 1. The number of carbonyl (C=O) groups excluding carboxylic acids is 1. The molecule has 0 saturated heterocycles. The lowest BCUT2D eigenvalue weighted by atomic mass is 9.94. The van der Waals surface area contributed by atoms with Crippen molar-refractivity contribution >= 4 is 11.6 Å². The van der Waals surface area contributed by atoms with E-state index >= 15 is 0 Å². The van der Waals surface area contributed by atoms with Gasteiger partial charge in [-0.1, -0.05) is 39.8 Å². The van der Waals surface area contributed by atoms with E-state index in [-0.39, 0.29) is 17.5 Å². The molecule has 2 aromatic rings. The average molecular weight is 328 g/mol. The summed E-state index contributed by atoms with van der Waals surface area (Å²) in [6.07, 6.45) is 4.62. The van der Waals surface area contributed by atoms with Crippen LogP contribution in [0.5, 0.6) is 0 Å². The Labute approximate surface area is 141 Å².